The Morgan fingerprint density at radius 1 is 1.33 bits per heavy atom. The third-order valence-electron chi connectivity index (χ3n) is 3.23. The lowest BCUT2D eigenvalue weighted by molar-refractivity contribution is -0.136. The smallest absolute Gasteiger partial charge is 0.305 e. The lowest BCUT2D eigenvalue weighted by atomic mass is 10.4. The van der Waals surface area contributed by atoms with E-state index < -0.39 is 21.9 Å². The van der Waals surface area contributed by atoms with Crippen LogP contribution in [0.5, 0.6) is 0 Å². The van der Waals surface area contributed by atoms with E-state index in [2.05, 4.69) is 10.3 Å². The average Bonchev–Trinajstić information content (AvgIpc) is 3.10. The summed E-state index contributed by atoms with van der Waals surface area (Å²) in [5.74, 6) is -1.54. The van der Waals surface area contributed by atoms with Crippen molar-refractivity contribution in [1.29, 1.82) is 0 Å². The molecule has 3 N–H and O–H groups in total. The number of carbonyl (C=O) groups excluding carboxylic acids is 1. The van der Waals surface area contributed by atoms with Crippen molar-refractivity contribution >= 4 is 21.9 Å². The molecule has 1 aromatic rings. The average molecular weight is 315 g/mol. The van der Waals surface area contributed by atoms with Crippen LogP contribution in [0.2, 0.25) is 0 Å². The Kier molecular flexibility index (Phi) is 4.63. The molecule has 1 aromatic heterocycles. The SMILES string of the molecule is O=C(O)CCNC(=O)c1cc(S(=O)(=O)N2CCCC2)c[nH]1. The Morgan fingerprint density at radius 2 is 2.00 bits per heavy atom. The lowest BCUT2D eigenvalue weighted by Gasteiger charge is -2.13. The quantitative estimate of drug-likeness (QED) is 0.683. The van der Waals surface area contributed by atoms with E-state index in [1.165, 1.54) is 16.6 Å². The topological polar surface area (TPSA) is 120 Å². The first-order valence-corrected chi connectivity index (χ1v) is 8.04. The number of nitrogens with zero attached hydrogens (tertiary/aromatic N) is 1. The molecule has 8 nitrogen and oxygen atoms in total. The normalized spacial score (nSPS) is 16.0. The van der Waals surface area contributed by atoms with Gasteiger partial charge in [0.2, 0.25) is 10.0 Å². The molecule has 1 aliphatic heterocycles. The van der Waals surface area contributed by atoms with E-state index >= 15 is 0 Å². The predicted molar refractivity (Wildman–Crippen MR) is 73.4 cm³/mol. The molecule has 1 aliphatic rings. The molecule has 0 radical (unpaired) electrons. The number of carboxylic acids is 1. The molecule has 2 rings (SSSR count). The fourth-order valence-corrected chi connectivity index (χ4v) is 3.62. The third kappa shape index (κ3) is 3.61. The summed E-state index contributed by atoms with van der Waals surface area (Å²) >= 11 is 0. The molecule has 21 heavy (non-hydrogen) atoms. The van der Waals surface area contributed by atoms with E-state index in [0.717, 1.165) is 12.8 Å². The van der Waals surface area contributed by atoms with Crippen molar-refractivity contribution in [2.75, 3.05) is 19.6 Å². The summed E-state index contributed by atoms with van der Waals surface area (Å²) in [6, 6.07) is 1.27. The van der Waals surface area contributed by atoms with Gasteiger partial charge in [0.25, 0.3) is 5.91 Å². The summed E-state index contributed by atoms with van der Waals surface area (Å²) in [4.78, 5) is 24.8. The third-order valence-corrected chi connectivity index (χ3v) is 5.10. The predicted octanol–water partition coefficient (Wildman–Crippen LogP) is 0.00370. The molecule has 1 amide bonds. The first-order valence-electron chi connectivity index (χ1n) is 6.60. The van der Waals surface area contributed by atoms with Gasteiger partial charge in [-0.15, -0.1) is 0 Å². The lowest BCUT2D eigenvalue weighted by Crippen LogP contribution is -2.28. The minimum atomic E-state index is -3.56. The number of nitrogens with one attached hydrogen (secondary N) is 2. The van der Waals surface area contributed by atoms with Gasteiger partial charge in [0.1, 0.15) is 10.6 Å². The maximum atomic E-state index is 12.3. The Morgan fingerprint density at radius 3 is 2.62 bits per heavy atom. The van der Waals surface area contributed by atoms with E-state index in [1.54, 1.807) is 0 Å². The van der Waals surface area contributed by atoms with Crippen LogP contribution in [0, 0.1) is 0 Å². The number of aromatic amines is 1. The number of H-pyrrole nitrogens is 1. The fourth-order valence-electron chi connectivity index (χ4n) is 2.11. The van der Waals surface area contributed by atoms with Crippen molar-refractivity contribution in [3.63, 3.8) is 0 Å². The highest BCUT2D eigenvalue weighted by molar-refractivity contribution is 7.89. The molecule has 1 saturated heterocycles. The van der Waals surface area contributed by atoms with E-state index in [0.29, 0.717) is 13.1 Å². The van der Waals surface area contributed by atoms with Crippen molar-refractivity contribution in [3.8, 4) is 0 Å². The van der Waals surface area contributed by atoms with Crippen LogP contribution in [0.4, 0.5) is 0 Å². The molecule has 0 spiro atoms. The van der Waals surface area contributed by atoms with Gasteiger partial charge in [0.15, 0.2) is 0 Å². The molecule has 0 aromatic carbocycles. The summed E-state index contributed by atoms with van der Waals surface area (Å²) in [5.41, 5.74) is 0.0955. The zero-order chi connectivity index (χ0) is 15.5. The standard InChI is InChI=1S/C12H17N3O5S/c16-11(17)3-4-13-12(18)10-7-9(8-14-10)21(19,20)15-5-1-2-6-15/h7-8,14H,1-6H2,(H,13,18)(H,16,17). The Labute approximate surface area is 122 Å². The molecule has 2 heterocycles. The van der Waals surface area contributed by atoms with Crippen LogP contribution in [0.25, 0.3) is 0 Å². The molecule has 9 heteroatoms. The van der Waals surface area contributed by atoms with Gasteiger partial charge in [-0.25, -0.2) is 8.42 Å². The summed E-state index contributed by atoms with van der Waals surface area (Å²) in [5, 5.41) is 10.9. The molecular weight excluding hydrogens is 298 g/mol. The van der Waals surface area contributed by atoms with E-state index in [1.807, 2.05) is 0 Å². The Hall–Kier alpha value is -1.87. The van der Waals surface area contributed by atoms with E-state index in [9.17, 15) is 18.0 Å². The summed E-state index contributed by atoms with van der Waals surface area (Å²) in [6.45, 7) is 0.975. The highest BCUT2D eigenvalue weighted by Crippen LogP contribution is 2.21. The number of carbonyl (C=O) groups is 2. The van der Waals surface area contributed by atoms with Gasteiger partial charge in [0, 0.05) is 25.8 Å². The number of aromatic nitrogens is 1. The van der Waals surface area contributed by atoms with Gasteiger partial charge in [-0.1, -0.05) is 0 Å². The Bertz CT molecular complexity index is 631. The largest absolute Gasteiger partial charge is 0.481 e. The minimum absolute atomic E-state index is 0.0125. The molecule has 0 bridgehead atoms. The van der Waals surface area contributed by atoms with Crippen molar-refractivity contribution < 1.29 is 23.1 Å². The van der Waals surface area contributed by atoms with Gasteiger partial charge in [-0.3, -0.25) is 9.59 Å². The maximum Gasteiger partial charge on any atom is 0.305 e. The van der Waals surface area contributed by atoms with Crippen LogP contribution in [-0.4, -0.2) is 54.3 Å². The van der Waals surface area contributed by atoms with Crippen LogP contribution in [-0.2, 0) is 14.8 Å². The number of hydrogen-bond acceptors (Lipinski definition) is 4. The molecule has 0 unspecified atom stereocenters. The molecule has 0 aliphatic carbocycles. The summed E-state index contributed by atoms with van der Waals surface area (Å²) in [6.07, 6.45) is 2.77. The van der Waals surface area contributed by atoms with Crippen LogP contribution in [0.1, 0.15) is 29.8 Å². The second-order valence-electron chi connectivity index (χ2n) is 4.76. The summed E-state index contributed by atoms with van der Waals surface area (Å²) in [7, 11) is -3.56. The number of aliphatic carboxylic acids is 1. The first kappa shape index (κ1) is 15.5. The fraction of sp³-hybridized carbons (Fsp3) is 0.500. The number of sulfonamides is 1. The monoisotopic (exact) mass is 315 g/mol. The Balaban J connectivity index is 2.03. The van der Waals surface area contributed by atoms with E-state index in [4.69, 9.17) is 5.11 Å². The summed E-state index contributed by atoms with van der Waals surface area (Å²) < 4.78 is 25.9. The molecule has 0 atom stereocenters. The van der Waals surface area contributed by atoms with Crippen LogP contribution in [0.15, 0.2) is 17.2 Å². The van der Waals surface area contributed by atoms with Crippen molar-refractivity contribution in [1.82, 2.24) is 14.6 Å². The van der Waals surface area contributed by atoms with Gasteiger partial charge in [-0.05, 0) is 18.9 Å². The number of amides is 1. The van der Waals surface area contributed by atoms with Crippen LogP contribution in [0.3, 0.4) is 0 Å². The zero-order valence-electron chi connectivity index (χ0n) is 11.3. The van der Waals surface area contributed by atoms with Gasteiger partial charge >= 0.3 is 5.97 Å². The highest BCUT2D eigenvalue weighted by Gasteiger charge is 2.28. The van der Waals surface area contributed by atoms with Crippen molar-refractivity contribution in [3.05, 3.63) is 18.0 Å². The molecular formula is C12H17N3O5S. The zero-order valence-corrected chi connectivity index (χ0v) is 12.1. The number of rotatable bonds is 6. The van der Waals surface area contributed by atoms with Gasteiger partial charge < -0.3 is 15.4 Å². The van der Waals surface area contributed by atoms with Crippen LogP contribution >= 0.6 is 0 Å². The molecule has 1 fully saturated rings. The van der Waals surface area contributed by atoms with Crippen molar-refractivity contribution in [2.24, 2.45) is 0 Å². The van der Waals surface area contributed by atoms with Crippen molar-refractivity contribution in [2.45, 2.75) is 24.2 Å². The van der Waals surface area contributed by atoms with Gasteiger partial charge in [0.05, 0.1) is 6.42 Å². The number of hydrogen-bond donors (Lipinski definition) is 3. The van der Waals surface area contributed by atoms with E-state index in [-0.39, 0.29) is 23.6 Å². The molecule has 0 saturated carbocycles. The first-order chi connectivity index (χ1) is 9.91. The maximum absolute atomic E-state index is 12.3. The minimum Gasteiger partial charge on any atom is -0.481 e. The molecule has 116 valence electrons. The highest BCUT2D eigenvalue weighted by atomic mass is 32.2. The van der Waals surface area contributed by atoms with Gasteiger partial charge in [-0.2, -0.15) is 4.31 Å². The van der Waals surface area contributed by atoms with Crippen LogP contribution < -0.4 is 5.32 Å². The second kappa shape index (κ2) is 6.27. The number of carboxylic acid groups (broad SMARTS) is 1. The second-order valence-corrected chi connectivity index (χ2v) is 6.70.